The van der Waals surface area contributed by atoms with E-state index < -0.39 is 0 Å². The predicted molar refractivity (Wildman–Crippen MR) is 76.4 cm³/mol. The summed E-state index contributed by atoms with van der Waals surface area (Å²) in [5.74, 6) is 0.603. The van der Waals surface area contributed by atoms with Crippen molar-refractivity contribution in [2.24, 2.45) is 0 Å². The summed E-state index contributed by atoms with van der Waals surface area (Å²) in [6, 6.07) is 5.79. The molecule has 4 nitrogen and oxygen atoms in total. The van der Waals surface area contributed by atoms with Crippen LogP contribution in [0.4, 0.5) is 10.6 Å². The first-order valence-electron chi connectivity index (χ1n) is 6.26. The molecule has 0 saturated carbocycles. The van der Waals surface area contributed by atoms with Crippen molar-refractivity contribution in [3.8, 4) is 0 Å². The van der Waals surface area contributed by atoms with E-state index in [1.165, 1.54) is 10.4 Å². The second-order valence-corrected chi connectivity index (χ2v) is 5.69. The molecule has 3 rings (SSSR count). The second kappa shape index (κ2) is 5.01. The van der Waals surface area contributed by atoms with Crippen molar-refractivity contribution in [1.29, 1.82) is 0 Å². The number of aryl methyl sites for hydroxylation is 1. The number of urea groups is 1. The normalized spacial score (nSPS) is 14.1. The molecule has 0 bridgehead atoms. The highest BCUT2D eigenvalue weighted by atomic mass is 32.1. The Morgan fingerprint density at radius 3 is 3.11 bits per heavy atom. The van der Waals surface area contributed by atoms with Gasteiger partial charge in [-0.05, 0) is 42.0 Å². The van der Waals surface area contributed by atoms with Crippen molar-refractivity contribution in [3.63, 3.8) is 0 Å². The Bertz CT molecular complexity index is 591. The molecular weight excluding hydrogens is 258 g/mol. The molecular formula is C14H15N3OS. The van der Waals surface area contributed by atoms with Crippen LogP contribution in [-0.4, -0.2) is 22.5 Å². The van der Waals surface area contributed by atoms with E-state index in [1.54, 1.807) is 17.5 Å². The highest BCUT2D eigenvalue weighted by molar-refractivity contribution is 7.10. The zero-order valence-electron chi connectivity index (χ0n) is 10.7. The lowest BCUT2D eigenvalue weighted by Crippen LogP contribution is -2.38. The number of aromatic nitrogens is 1. The third kappa shape index (κ3) is 2.61. The summed E-state index contributed by atoms with van der Waals surface area (Å²) in [6.45, 7) is 3.43. The smallest absolute Gasteiger partial charge is 0.320 e. The van der Waals surface area contributed by atoms with Gasteiger partial charge in [0.15, 0.2) is 0 Å². The minimum absolute atomic E-state index is 0.0757. The van der Waals surface area contributed by atoms with Crippen LogP contribution >= 0.6 is 11.3 Å². The van der Waals surface area contributed by atoms with Crippen molar-refractivity contribution >= 4 is 23.2 Å². The van der Waals surface area contributed by atoms with Gasteiger partial charge < -0.3 is 4.90 Å². The van der Waals surface area contributed by atoms with Gasteiger partial charge in [-0.25, -0.2) is 9.78 Å². The fourth-order valence-electron chi connectivity index (χ4n) is 2.15. The van der Waals surface area contributed by atoms with Gasteiger partial charge >= 0.3 is 6.03 Å². The van der Waals surface area contributed by atoms with Crippen LogP contribution in [-0.2, 0) is 13.0 Å². The average molecular weight is 273 g/mol. The van der Waals surface area contributed by atoms with Gasteiger partial charge in [0.05, 0.1) is 0 Å². The molecule has 0 saturated heterocycles. The monoisotopic (exact) mass is 273 g/mol. The first-order chi connectivity index (χ1) is 9.22. The summed E-state index contributed by atoms with van der Waals surface area (Å²) in [5, 5.41) is 4.93. The van der Waals surface area contributed by atoms with Crippen molar-refractivity contribution in [2.45, 2.75) is 19.9 Å². The summed E-state index contributed by atoms with van der Waals surface area (Å²) in [6.07, 6.45) is 2.70. The lowest BCUT2D eigenvalue weighted by Gasteiger charge is -2.26. The lowest BCUT2D eigenvalue weighted by atomic mass is 10.1. The van der Waals surface area contributed by atoms with Crippen molar-refractivity contribution < 1.29 is 4.79 Å². The van der Waals surface area contributed by atoms with Crippen LogP contribution in [0.2, 0.25) is 0 Å². The van der Waals surface area contributed by atoms with Gasteiger partial charge in [-0.15, -0.1) is 11.3 Å². The number of nitrogens with zero attached hydrogens (tertiary/aromatic N) is 2. The molecule has 0 unspecified atom stereocenters. The van der Waals surface area contributed by atoms with Gasteiger partial charge in [-0.1, -0.05) is 6.07 Å². The molecule has 0 spiro atoms. The molecule has 0 aliphatic carbocycles. The number of carbonyl (C=O) groups is 1. The topological polar surface area (TPSA) is 45.2 Å². The van der Waals surface area contributed by atoms with Gasteiger partial charge in [0, 0.05) is 24.2 Å². The molecule has 98 valence electrons. The minimum Gasteiger partial charge on any atom is -0.320 e. The zero-order chi connectivity index (χ0) is 13.2. The Balaban J connectivity index is 1.67. The molecule has 2 aromatic heterocycles. The Hall–Kier alpha value is -1.88. The van der Waals surface area contributed by atoms with Crippen LogP contribution in [0.3, 0.4) is 0 Å². The fourth-order valence-corrected chi connectivity index (χ4v) is 3.04. The molecule has 0 aromatic carbocycles. The maximum Gasteiger partial charge on any atom is 0.323 e. The largest absolute Gasteiger partial charge is 0.323 e. The van der Waals surface area contributed by atoms with Crippen molar-refractivity contribution in [1.82, 2.24) is 9.88 Å². The molecule has 0 radical (unpaired) electrons. The number of carbonyl (C=O) groups excluding carboxylic acids is 1. The highest BCUT2D eigenvalue weighted by Crippen LogP contribution is 2.24. The Kier molecular flexibility index (Phi) is 3.21. The van der Waals surface area contributed by atoms with E-state index in [9.17, 15) is 4.79 Å². The van der Waals surface area contributed by atoms with Crippen LogP contribution in [0.5, 0.6) is 0 Å². The van der Waals surface area contributed by atoms with Gasteiger partial charge in [-0.3, -0.25) is 5.32 Å². The number of amides is 2. The van der Waals surface area contributed by atoms with E-state index in [2.05, 4.69) is 21.7 Å². The average Bonchev–Trinajstić information content (AvgIpc) is 2.88. The van der Waals surface area contributed by atoms with Gasteiger partial charge in [0.1, 0.15) is 5.82 Å². The quantitative estimate of drug-likeness (QED) is 0.868. The molecule has 2 amide bonds. The summed E-state index contributed by atoms with van der Waals surface area (Å²) in [5.41, 5.74) is 2.35. The fraction of sp³-hybridized carbons (Fsp3) is 0.286. The number of hydrogen-bond acceptors (Lipinski definition) is 3. The number of pyridine rings is 1. The molecule has 0 fully saturated rings. The Labute approximate surface area is 116 Å². The standard InChI is InChI=1S/C14H15N3OS/c1-10-2-3-13(15-8-10)16-14(18)17-6-4-12-11(9-17)5-7-19-12/h2-3,5,7-8H,4,6,9H2,1H3,(H,15,16,18). The predicted octanol–water partition coefficient (Wildman–Crippen LogP) is 3.04. The summed E-state index contributed by atoms with van der Waals surface area (Å²) >= 11 is 1.77. The molecule has 5 heteroatoms. The number of fused-ring (bicyclic) bond motifs is 1. The first kappa shape index (κ1) is 12.2. The van der Waals surface area contributed by atoms with Crippen molar-refractivity contribution in [2.75, 3.05) is 11.9 Å². The first-order valence-corrected chi connectivity index (χ1v) is 7.14. The van der Waals surface area contributed by atoms with E-state index in [0.717, 1.165) is 18.5 Å². The maximum atomic E-state index is 12.2. The minimum atomic E-state index is -0.0757. The third-order valence-corrected chi connectivity index (χ3v) is 4.26. The summed E-state index contributed by atoms with van der Waals surface area (Å²) < 4.78 is 0. The molecule has 0 atom stereocenters. The van der Waals surface area contributed by atoms with E-state index in [-0.39, 0.29) is 6.03 Å². The molecule has 1 N–H and O–H groups in total. The Morgan fingerprint density at radius 1 is 1.42 bits per heavy atom. The zero-order valence-corrected chi connectivity index (χ0v) is 11.5. The number of rotatable bonds is 1. The highest BCUT2D eigenvalue weighted by Gasteiger charge is 2.21. The SMILES string of the molecule is Cc1ccc(NC(=O)N2CCc3sccc3C2)nc1. The second-order valence-electron chi connectivity index (χ2n) is 4.69. The Morgan fingerprint density at radius 2 is 2.32 bits per heavy atom. The van der Waals surface area contributed by atoms with Crippen molar-refractivity contribution in [3.05, 3.63) is 45.8 Å². The van der Waals surface area contributed by atoms with E-state index in [4.69, 9.17) is 0 Å². The number of hydrogen-bond donors (Lipinski definition) is 1. The van der Waals surface area contributed by atoms with Gasteiger partial charge in [0.25, 0.3) is 0 Å². The summed E-state index contributed by atoms with van der Waals surface area (Å²) in [7, 11) is 0. The van der Waals surface area contributed by atoms with Crippen LogP contribution < -0.4 is 5.32 Å². The molecule has 1 aliphatic rings. The van der Waals surface area contributed by atoms with Gasteiger partial charge in [0.2, 0.25) is 0 Å². The number of nitrogens with one attached hydrogen (secondary N) is 1. The molecule has 19 heavy (non-hydrogen) atoms. The van der Waals surface area contributed by atoms with Crippen LogP contribution in [0, 0.1) is 6.92 Å². The molecule has 2 aromatic rings. The van der Waals surface area contributed by atoms with Gasteiger partial charge in [-0.2, -0.15) is 0 Å². The van der Waals surface area contributed by atoms with Crippen LogP contribution in [0.15, 0.2) is 29.8 Å². The molecule has 3 heterocycles. The van der Waals surface area contributed by atoms with E-state index in [0.29, 0.717) is 12.4 Å². The number of thiophene rings is 1. The van der Waals surface area contributed by atoms with E-state index in [1.807, 2.05) is 24.0 Å². The lowest BCUT2D eigenvalue weighted by molar-refractivity contribution is 0.207. The van der Waals surface area contributed by atoms with Crippen LogP contribution in [0.25, 0.3) is 0 Å². The van der Waals surface area contributed by atoms with Crippen LogP contribution in [0.1, 0.15) is 16.0 Å². The third-order valence-electron chi connectivity index (χ3n) is 3.24. The maximum absolute atomic E-state index is 12.2. The number of anilines is 1. The van der Waals surface area contributed by atoms with E-state index >= 15 is 0 Å². The molecule has 1 aliphatic heterocycles. The summed E-state index contributed by atoms with van der Waals surface area (Å²) in [4.78, 5) is 19.6.